The lowest BCUT2D eigenvalue weighted by atomic mass is 10.0. The van der Waals surface area contributed by atoms with Gasteiger partial charge in [0.25, 0.3) is 0 Å². The Morgan fingerprint density at radius 2 is 0.574 bits per heavy atom. The van der Waals surface area contributed by atoms with E-state index in [1.54, 1.807) is 0 Å². The van der Waals surface area contributed by atoms with Gasteiger partial charge in [0.15, 0.2) is 6.10 Å². The van der Waals surface area contributed by atoms with E-state index < -0.39 is 6.10 Å². The predicted molar refractivity (Wildman–Crippen MR) is 233 cm³/mol. The molecule has 0 aliphatic rings. The van der Waals surface area contributed by atoms with Gasteiger partial charge in [-0.2, -0.15) is 0 Å². The third-order valence-electron chi connectivity index (χ3n) is 11.4. The second kappa shape index (κ2) is 46.3. The smallest absolute Gasteiger partial charge is 0.306 e. The van der Waals surface area contributed by atoms with E-state index in [4.69, 9.17) is 9.47 Å². The van der Waals surface area contributed by atoms with Crippen molar-refractivity contribution in [1.29, 1.82) is 0 Å². The van der Waals surface area contributed by atoms with Gasteiger partial charge >= 0.3 is 11.9 Å². The molecule has 5 nitrogen and oxygen atoms in total. The molecule has 0 unspecified atom stereocenters. The zero-order chi connectivity index (χ0) is 39.3. The zero-order valence-corrected chi connectivity index (χ0v) is 36.8. The molecule has 0 aromatic carbocycles. The molecule has 0 saturated carbocycles. The average Bonchev–Trinajstić information content (AvgIpc) is 3.17. The molecular weight excluding hydrogens is 669 g/mol. The highest BCUT2D eigenvalue weighted by Gasteiger charge is 2.16. The monoisotopic (exact) mass is 765 g/mol. The van der Waals surface area contributed by atoms with Gasteiger partial charge in [0.1, 0.15) is 6.61 Å². The number of aliphatic hydroxyl groups is 1. The molecule has 54 heavy (non-hydrogen) atoms. The molecule has 0 radical (unpaired) electrons. The van der Waals surface area contributed by atoms with Crippen molar-refractivity contribution in [2.24, 2.45) is 0 Å². The van der Waals surface area contributed by atoms with E-state index in [2.05, 4.69) is 13.8 Å². The summed E-state index contributed by atoms with van der Waals surface area (Å²) in [6.07, 6.45) is 53.4. The van der Waals surface area contributed by atoms with Crippen LogP contribution in [0.15, 0.2) is 0 Å². The molecule has 0 aliphatic heterocycles. The molecule has 5 heteroatoms. The van der Waals surface area contributed by atoms with E-state index in [0.29, 0.717) is 12.8 Å². The van der Waals surface area contributed by atoms with Gasteiger partial charge in [-0.25, -0.2) is 0 Å². The van der Waals surface area contributed by atoms with Crippen LogP contribution >= 0.6 is 0 Å². The van der Waals surface area contributed by atoms with E-state index in [1.807, 2.05) is 0 Å². The Kier molecular flexibility index (Phi) is 45.3. The van der Waals surface area contributed by atoms with Crippen molar-refractivity contribution in [3.63, 3.8) is 0 Å². The highest BCUT2D eigenvalue weighted by molar-refractivity contribution is 5.70. The van der Waals surface area contributed by atoms with Gasteiger partial charge in [0.05, 0.1) is 6.61 Å². The van der Waals surface area contributed by atoms with Crippen LogP contribution in [0.2, 0.25) is 0 Å². The maximum absolute atomic E-state index is 12.2. The fraction of sp³-hybridized carbons (Fsp3) is 0.959. The fourth-order valence-electron chi connectivity index (χ4n) is 7.68. The van der Waals surface area contributed by atoms with Crippen molar-refractivity contribution < 1.29 is 24.2 Å². The number of ether oxygens (including phenoxy) is 2. The van der Waals surface area contributed by atoms with Gasteiger partial charge in [0, 0.05) is 12.8 Å². The number of hydrogen-bond donors (Lipinski definition) is 1. The Morgan fingerprint density at radius 3 is 0.815 bits per heavy atom. The summed E-state index contributed by atoms with van der Waals surface area (Å²) in [7, 11) is 0. The maximum Gasteiger partial charge on any atom is 0.306 e. The van der Waals surface area contributed by atoms with Crippen LogP contribution in [0.3, 0.4) is 0 Å². The molecule has 0 aromatic rings. The Labute approximate surface area is 338 Å². The summed E-state index contributed by atoms with van der Waals surface area (Å²) in [5.41, 5.74) is 0. The summed E-state index contributed by atoms with van der Waals surface area (Å²) in [4.78, 5) is 24.4. The van der Waals surface area contributed by atoms with Gasteiger partial charge in [-0.15, -0.1) is 0 Å². The van der Waals surface area contributed by atoms with Crippen molar-refractivity contribution in [2.75, 3.05) is 13.2 Å². The van der Waals surface area contributed by atoms with E-state index in [0.717, 1.165) is 32.1 Å². The molecule has 0 aromatic heterocycles. The topological polar surface area (TPSA) is 72.8 Å². The minimum atomic E-state index is -0.762. The number of rotatable bonds is 46. The standard InChI is InChI=1S/C49H96O5/c1-3-5-7-9-11-13-15-17-19-21-22-23-24-25-26-28-29-31-33-35-37-39-41-43-48(51)53-46-47(45-50)54-49(52)44-42-40-38-36-34-32-30-27-20-18-16-14-12-10-8-6-4-2/h47,50H,3-46H2,1-2H3/t47-/m0/s1. The third kappa shape index (κ3) is 43.6. The largest absolute Gasteiger partial charge is 0.462 e. The van der Waals surface area contributed by atoms with Crippen LogP contribution in [-0.4, -0.2) is 36.4 Å². The number of aliphatic hydroxyl groups excluding tert-OH is 1. The van der Waals surface area contributed by atoms with E-state index in [-0.39, 0.29) is 25.2 Å². The molecule has 0 saturated heterocycles. The van der Waals surface area contributed by atoms with E-state index >= 15 is 0 Å². The molecule has 0 spiro atoms. The number of hydrogen-bond acceptors (Lipinski definition) is 5. The molecule has 0 amide bonds. The van der Waals surface area contributed by atoms with Crippen LogP contribution in [0.5, 0.6) is 0 Å². The fourth-order valence-corrected chi connectivity index (χ4v) is 7.68. The quantitative estimate of drug-likeness (QED) is 0.0494. The van der Waals surface area contributed by atoms with Crippen LogP contribution in [0.25, 0.3) is 0 Å². The molecule has 0 aliphatic carbocycles. The van der Waals surface area contributed by atoms with Crippen molar-refractivity contribution in [2.45, 2.75) is 290 Å². The number of carbonyl (C=O) groups excluding carboxylic acids is 2. The van der Waals surface area contributed by atoms with Gasteiger partial charge in [-0.05, 0) is 12.8 Å². The van der Waals surface area contributed by atoms with Gasteiger partial charge in [-0.1, -0.05) is 258 Å². The predicted octanol–water partition coefficient (Wildman–Crippen LogP) is 15.9. The summed E-state index contributed by atoms with van der Waals surface area (Å²) in [6.45, 7) is 4.19. The van der Waals surface area contributed by atoms with Crippen molar-refractivity contribution >= 4 is 11.9 Å². The second-order valence-corrected chi connectivity index (χ2v) is 16.9. The molecule has 0 fully saturated rings. The van der Waals surface area contributed by atoms with Crippen molar-refractivity contribution in [1.82, 2.24) is 0 Å². The first-order valence-corrected chi connectivity index (χ1v) is 24.6. The van der Waals surface area contributed by atoms with E-state index in [9.17, 15) is 14.7 Å². The minimum absolute atomic E-state index is 0.0561. The number of carbonyl (C=O) groups is 2. The molecule has 322 valence electrons. The minimum Gasteiger partial charge on any atom is -0.462 e. The highest BCUT2D eigenvalue weighted by Crippen LogP contribution is 2.17. The SMILES string of the molecule is CCCCCCCCCCCCCCCCCCCCCCCCCC(=O)OC[C@H](CO)OC(=O)CCCCCCCCCCCCCCCCCCC. The molecule has 0 rings (SSSR count). The lowest BCUT2D eigenvalue weighted by Gasteiger charge is -2.15. The Morgan fingerprint density at radius 1 is 0.352 bits per heavy atom. The van der Waals surface area contributed by atoms with Crippen LogP contribution < -0.4 is 0 Å². The zero-order valence-electron chi connectivity index (χ0n) is 36.8. The van der Waals surface area contributed by atoms with Crippen molar-refractivity contribution in [3.05, 3.63) is 0 Å². The lowest BCUT2D eigenvalue weighted by molar-refractivity contribution is -0.161. The summed E-state index contributed by atoms with van der Waals surface area (Å²) in [5, 5.41) is 9.61. The van der Waals surface area contributed by atoms with Gasteiger partial charge in [0.2, 0.25) is 0 Å². The third-order valence-corrected chi connectivity index (χ3v) is 11.4. The maximum atomic E-state index is 12.2. The number of esters is 2. The van der Waals surface area contributed by atoms with Crippen LogP contribution in [0.1, 0.15) is 284 Å². The highest BCUT2D eigenvalue weighted by atomic mass is 16.6. The Balaban J connectivity index is 3.42. The second-order valence-electron chi connectivity index (χ2n) is 16.9. The first-order chi connectivity index (χ1) is 26.6. The summed E-state index contributed by atoms with van der Waals surface area (Å²) in [6, 6.07) is 0. The molecular formula is C49H96O5. The first kappa shape index (κ1) is 52.9. The average molecular weight is 765 g/mol. The van der Waals surface area contributed by atoms with Crippen LogP contribution in [0, 0.1) is 0 Å². The molecule has 0 heterocycles. The normalized spacial score (nSPS) is 12.0. The van der Waals surface area contributed by atoms with Crippen LogP contribution in [0.4, 0.5) is 0 Å². The van der Waals surface area contributed by atoms with Gasteiger partial charge < -0.3 is 14.6 Å². The van der Waals surface area contributed by atoms with Crippen LogP contribution in [-0.2, 0) is 19.1 Å². The molecule has 1 N–H and O–H groups in total. The summed E-state index contributed by atoms with van der Waals surface area (Å²) < 4.78 is 10.7. The lowest BCUT2D eigenvalue weighted by Crippen LogP contribution is -2.28. The number of unbranched alkanes of at least 4 members (excludes halogenated alkanes) is 38. The molecule has 1 atom stereocenters. The van der Waals surface area contributed by atoms with Crippen molar-refractivity contribution in [3.8, 4) is 0 Å². The first-order valence-electron chi connectivity index (χ1n) is 24.6. The Hall–Kier alpha value is -1.10. The molecule has 0 bridgehead atoms. The Bertz CT molecular complexity index is 740. The summed E-state index contributed by atoms with van der Waals surface area (Å²) in [5.74, 6) is -0.568. The summed E-state index contributed by atoms with van der Waals surface area (Å²) >= 11 is 0. The van der Waals surface area contributed by atoms with Gasteiger partial charge in [-0.3, -0.25) is 9.59 Å². The van der Waals surface area contributed by atoms with E-state index in [1.165, 1.54) is 225 Å².